The van der Waals surface area contributed by atoms with Crippen molar-refractivity contribution in [1.82, 2.24) is 14.7 Å². The molecule has 1 fully saturated rings. The van der Waals surface area contributed by atoms with E-state index in [2.05, 4.69) is 101 Å². The molecule has 2 unspecified atom stereocenters. The molecule has 0 bridgehead atoms. The van der Waals surface area contributed by atoms with Crippen molar-refractivity contribution in [2.75, 3.05) is 63.2 Å². The molecule has 7 heteroatoms. The van der Waals surface area contributed by atoms with Crippen LogP contribution >= 0.6 is 0 Å². The van der Waals surface area contributed by atoms with Gasteiger partial charge in [-0.3, -0.25) is 10.6 Å². The van der Waals surface area contributed by atoms with E-state index in [0.717, 1.165) is 65.1 Å². The molecule has 2 atom stereocenters. The van der Waals surface area contributed by atoms with Gasteiger partial charge in [0.15, 0.2) is 0 Å². The van der Waals surface area contributed by atoms with Gasteiger partial charge in [0.2, 0.25) is 0 Å². The molecule has 0 amide bonds. The van der Waals surface area contributed by atoms with E-state index in [0.29, 0.717) is 6.04 Å². The lowest BCUT2D eigenvalue weighted by Gasteiger charge is -2.51. The van der Waals surface area contributed by atoms with E-state index in [-0.39, 0.29) is 12.5 Å². The van der Waals surface area contributed by atoms with Crippen molar-refractivity contribution >= 4 is 11.4 Å². The molecule has 4 N–H and O–H groups in total. The molecule has 2 heterocycles. The van der Waals surface area contributed by atoms with Gasteiger partial charge in [-0.25, -0.2) is 4.90 Å². The third kappa shape index (κ3) is 5.87. The quantitative estimate of drug-likeness (QED) is 0.525. The highest BCUT2D eigenvalue weighted by Crippen LogP contribution is 2.38. The first kappa shape index (κ1) is 26.9. The second kappa shape index (κ2) is 12.4. The summed E-state index contributed by atoms with van der Waals surface area (Å²) in [6.45, 7) is 11.8. The molecule has 2 aromatic rings. The number of hydrogen-bond acceptors (Lipinski definition) is 7. The van der Waals surface area contributed by atoms with Crippen LogP contribution in [0.25, 0.3) is 0 Å². The summed E-state index contributed by atoms with van der Waals surface area (Å²) >= 11 is 0. The third-order valence-electron chi connectivity index (χ3n) is 8.12. The predicted octanol–water partition coefficient (Wildman–Crippen LogP) is 3.47. The van der Waals surface area contributed by atoms with Gasteiger partial charge < -0.3 is 20.4 Å². The highest BCUT2D eigenvalue weighted by Gasteiger charge is 2.40. The molecule has 4 rings (SSSR count). The van der Waals surface area contributed by atoms with E-state index in [9.17, 15) is 0 Å². The fourth-order valence-corrected chi connectivity index (χ4v) is 6.03. The van der Waals surface area contributed by atoms with E-state index in [1.54, 1.807) is 0 Å². The van der Waals surface area contributed by atoms with Crippen molar-refractivity contribution in [3.63, 3.8) is 0 Å². The SMILES string of the molecule is CCN(CC)CCCN1c2ccccc2C(N)N(C2CCN(Cc3ccccc3N(C)C)CC2)C1N. The van der Waals surface area contributed by atoms with Crippen molar-refractivity contribution in [3.05, 3.63) is 59.7 Å². The highest BCUT2D eigenvalue weighted by molar-refractivity contribution is 5.57. The first-order chi connectivity index (χ1) is 17.4. The van der Waals surface area contributed by atoms with Crippen LogP contribution in [0.2, 0.25) is 0 Å². The fourth-order valence-electron chi connectivity index (χ4n) is 6.03. The second-order valence-corrected chi connectivity index (χ2v) is 10.5. The number of rotatable bonds is 10. The number of anilines is 2. The first-order valence-corrected chi connectivity index (χ1v) is 13.8. The molecule has 7 nitrogen and oxygen atoms in total. The van der Waals surface area contributed by atoms with E-state index in [1.165, 1.54) is 22.5 Å². The molecular formula is C29H47N7. The van der Waals surface area contributed by atoms with Gasteiger partial charge in [0.25, 0.3) is 0 Å². The van der Waals surface area contributed by atoms with E-state index >= 15 is 0 Å². The average molecular weight is 494 g/mol. The van der Waals surface area contributed by atoms with Gasteiger partial charge >= 0.3 is 0 Å². The Bertz CT molecular complexity index is 952. The number of benzene rings is 2. The van der Waals surface area contributed by atoms with Gasteiger partial charge in [0.1, 0.15) is 6.29 Å². The number of piperidine rings is 1. The summed E-state index contributed by atoms with van der Waals surface area (Å²) in [6.07, 6.45) is 2.90. The van der Waals surface area contributed by atoms with Crippen LogP contribution in [-0.4, -0.2) is 80.4 Å². The van der Waals surface area contributed by atoms with Crippen LogP contribution in [0.15, 0.2) is 48.5 Å². The summed E-state index contributed by atoms with van der Waals surface area (Å²) in [7, 11) is 4.24. The molecule has 2 aliphatic heterocycles. The average Bonchev–Trinajstić information content (AvgIpc) is 2.89. The standard InChI is InChI=1S/C29H47N7/c1-5-33(6-2)18-11-19-35-27-15-10-8-13-25(27)28(30)36(29(35)31)24-16-20-34(21-17-24)22-23-12-7-9-14-26(23)32(3)4/h7-10,12-15,24,28-29H,5-6,11,16-22,30-31H2,1-4H3. The maximum absolute atomic E-state index is 6.99. The molecule has 0 saturated carbocycles. The topological polar surface area (TPSA) is 68.2 Å². The molecule has 0 aromatic heterocycles. The first-order valence-electron chi connectivity index (χ1n) is 13.8. The third-order valence-corrected chi connectivity index (χ3v) is 8.12. The number of fused-ring (bicyclic) bond motifs is 1. The van der Waals surface area contributed by atoms with Gasteiger partial charge in [0, 0.05) is 50.2 Å². The Kier molecular flexibility index (Phi) is 9.25. The van der Waals surface area contributed by atoms with E-state index < -0.39 is 0 Å². The molecule has 0 aliphatic carbocycles. The number of para-hydroxylation sites is 2. The van der Waals surface area contributed by atoms with Crippen molar-refractivity contribution in [3.8, 4) is 0 Å². The minimum absolute atomic E-state index is 0.166. The summed E-state index contributed by atoms with van der Waals surface area (Å²) in [5, 5.41) is 0. The van der Waals surface area contributed by atoms with Crippen LogP contribution in [0.4, 0.5) is 11.4 Å². The van der Waals surface area contributed by atoms with Gasteiger partial charge in [-0.15, -0.1) is 0 Å². The fraction of sp³-hybridized carbons (Fsp3) is 0.586. The monoisotopic (exact) mass is 493 g/mol. The summed E-state index contributed by atoms with van der Waals surface area (Å²) in [5.41, 5.74) is 19.0. The molecule has 36 heavy (non-hydrogen) atoms. The maximum atomic E-state index is 6.99. The molecule has 1 saturated heterocycles. The molecular weight excluding hydrogens is 446 g/mol. The lowest BCUT2D eigenvalue weighted by atomic mass is 9.97. The van der Waals surface area contributed by atoms with Gasteiger partial charge in [-0.05, 0) is 69.7 Å². The Morgan fingerprint density at radius 1 is 0.917 bits per heavy atom. The van der Waals surface area contributed by atoms with Crippen LogP contribution in [0, 0.1) is 0 Å². The van der Waals surface area contributed by atoms with Gasteiger partial charge in [-0.2, -0.15) is 0 Å². The number of nitrogens with zero attached hydrogens (tertiary/aromatic N) is 5. The Labute approximate surface area is 218 Å². The maximum Gasteiger partial charge on any atom is 0.136 e. The normalized spacial score (nSPS) is 21.7. The zero-order valence-electron chi connectivity index (χ0n) is 22.8. The number of hydrogen-bond donors (Lipinski definition) is 2. The minimum atomic E-state index is -0.197. The summed E-state index contributed by atoms with van der Waals surface area (Å²) in [4.78, 5) is 12.1. The van der Waals surface area contributed by atoms with Gasteiger partial charge in [0.05, 0.1) is 6.17 Å². The zero-order valence-corrected chi connectivity index (χ0v) is 22.8. The number of nitrogens with two attached hydrogens (primary N) is 2. The van der Waals surface area contributed by atoms with Crippen molar-refractivity contribution < 1.29 is 0 Å². The molecule has 198 valence electrons. The Morgan fingerprint density at radius 2 is 1.58 bits per heavy atom. The lowest BCUT2D eigenvalue weighted by Crippen LogP contribution is -2.64. The van der Waals surface area contributed by atoms with Crippen LogP contribution in [-0.2, 0) is 6.54 Å². The van der Waals surface area contributed by atoms with Crippen molar-refractivity contribution in [2.24, 2.45) is 11.5 Å². The summed E-state index contributed by atoms with van der Waals surface area (Å²) < 4.78 is 0. The van der Waals surface area contributed by atoms with Crippen LogP contribution in [0.5, 0.6) is 0 Å². The molecule has 2 aromatic carbocycles. The predicted molar refractivity (Wildman–Crippen MR) is 152 cm³/mol. The van der Waals surface area contributed by atoms with E-state index in [1.807, 2.05) is 0 Å². The molecule has 2 aliphatic rings. The van der Waals surface area contributed by atoms with Crippen LogP contribution in [0.1, 0.15) is 50.4 Å². The van der Waals surface area contributed by atoms with E-state index in [4.69, 9.17) is 11.5 Å². The molecule has 0 radical (unpaired) electrons. The van der Waals surface area contributed by atoms with Crippen molar-refractivity contribution in [1.29, 1.82) is 0 Å². The smallest absolute Gasteiger partial charge is 0.136 e. The lowest BCUT2D eigenvalue weighted by molar-refractivity contribution is 0.0284. The Morgan fingerprint density at radius 3 is 2.28 bits per heavy atom. The Balaban J connectivity index is 1.43. The largest absolute Gasteiger partial charge is 0.377 e. The van der Waals surface area contributed by atoms with Crippen LogP contribution in [0.3, 0.4) is 0 Å². The minimum Gasteiger partial charge on any atom is -0.377 e. The summed E-state index contributed by atoms with van der Waals surface area (Å²) in [5.74, 6) is 0. The second-order valence-electron chi connectivity index (χ2n) is 10.5. The highest BCUT2D eigenvalue weighted by atomic mass is 15.5. The zero-order chi connectivity index (χ0) is 25.7. The summed E-state index contributed by atoms with van der Waals surface area (Å²) in [6, 6.07) is 17.7. The van der Waals surface area contributed by atoms with Gasteiger partial charge in [-0.1, -0.05) is 50.2 Å². The molecule has 0 spiro atoms. The van der Waals surface area contributed by atoms with Crippen LogP contribution < -0.4 is 21.3 Å². The Hall–Kier alpha value is -2.16. The number of likely N-dealkylation sites (tertiary alicyclic amines) is 1. The van der Waals surface area contributed by atoms with Crippen molar-refractivity contribution in [2.45, 2.75) is 58.2 Å².